The van der Waals surface area contributed by atoms with Gasteiger partial charge in [-0.1, -0.05) is 5.16 Å². The molecule has 2 aromatic heterocycles. The minimum Gasteiger partial charge on any atom is -0.394 e. The quantitative estimate of drug-likeness (QED) is 0.254. The first-order valence-corrected chi connectivity index (χ1v) is 7.79. The van der Waals surface area contributed by atoms with E-state index < -0.39 is 42.6 Å². The number of nitrogens with zero attached hydrogens (tertiary/aromatic N) is 3. The summed E-state index contributed by atoms with van der Waals surface area (Å²) in [6.45, 7) is 0.930. The predicted octanol–water partition coefficient (Wildman–Crippen LogP) is -2.21. The molecule has 14 nitrogen and oxygen atoms in total. The van der Waals surface area contributed by atoms with Crippen LogP contribution in [0.2, 0.25) is 0 Å². The lowest BCUT2D eigenvalue weighted by atomic mass is 10.2. The fourth-order valence-corrected chi connectivity index (χ4v) is 2.04. The van der Waals surface area contributed by atoms with Crippen molar-refractivity contribution < 1.29 is 28.7 Å². The number of aromatic nitrogens is 4. The van der Waals surface area contributed by atoms with Gasteiger partial charge in [0.15, 0.2) is 5.82 Å². The van der Waals surface area contributed by atoms with Crippen LogP contribution in [0.3, 0.4) is 0 Å². The van der Waals surface area contributed by atoms with Crippen molar-refractivity contribution in [1.29, 1.82) is 0 Å². The number of nitrogens with two attached hydrogens (primary N) is 1. The van der Waals surface area contributed by atoms with E-state index in [0.29, 0.717) is 6.29 Å². The Hall–Kier alpha value is -3.10. The molecule has 7 N–H and O–H groups in total. The number of carbonyl (C=O) groups excluding carboxylic acids is 2. The fourth-order valence-electron chi connectivity index (χ4n) is 2.04. The molecule has 0 fully saturated rings. The van der Waals surface area contributed by atoms with Gasteiger partial charge in [0, 0.05) is 6.42 Å². The molecule has 0 aliphatic heterocycles. The van der Waals surface area contributed by atoms with Gasteiger partial charge in [0.2, 0.25) is 11.8 Å². The maximum absolute atomic E-state index is 12.2. The minimum absolute atomic E-state index is 0.00534. The summed E-state index contributed by atoms with van der Waals surface area (Å²) < 4.78 is 9.69. The number of aliphatic hydroxyl groups excluding tert-OH is 2. The van der Waals surface area contributed by atoms with Gasteiger partial charge in [0.25, 0.3) is 0 Å². The van der Waals surface area contributed by atoms with Crippen molar-refractivity contribution in [2.24, 2.45) is 5.73 Å². The molecule has 4 atom stereocenters. The van der Waals surface area contributed by atoms with Crippen molar-refractivity contribution in [3.63, 3.8) is 0 Å². The first-order chi connectivity index (χ1) is 12.8. The topological polar surface area (TPSA) is 222 Å². The highest BCUT2D eigenvalue weighted by atomic mass is 16.5. The Kier molecular flexibility index (Phi) is 6.75. The highest BCUT2D eigenvalue weighted by Gasteiger charge is 2.28. The Balaban J connectivity index is 2.10. The second kappa shape index (κ2) is 9.02. The number of rotatable bonds is 9. The summed E-state index contributed by atoms with van der Waals surface area (Å²) in [5, 5.41) is 32.7. The van der Waals surface area contributed by atoms with Gasteiger partial charge >= 0.3 is 11.8 Å². The molecular formula is C13H19N7O7. The standard InChI is InChI=1S/C13H19N7O7/c1-5(23)8(11-18-19-13(25)26-11)16-12(24)15-7(2-3-21)10-17-9(20-27-10)6(14)4-22/h3,5-8,22-23H,2,4,14H2,1H3,(H,19,25)(H2,15,16,24). The summed E-state index contributed by atoms with van der Waals surface area (Å²) in [6, 6.07) is -3.84. The van der Waals surface area contributed by atoms with Gasteiger partial charge in [0.1, 0.15) is 18.4 Å². The van der Waals surface area contributed by atoms with Gasteiger partial charge < -0.3 is 40.3 Å². The molecule has 0 aliphatic rings. The minimum atomic E-state index is -1.15. The van der Waals surface area contributed by atoms with E-state index in [1.54, 1.807) is 0 Å². The first-order valence-electron chi connectivity index (χ1n) is 7.79. The molecule has 2 amide bonds. The van der Waals surface area contributed by atoms with E-state index in [9.17, 15) is 19.5 Å². The van der Waals surface area contributed by atoms with Crippen LogP contribution in [0.15, 0.2) is 13.7 Å². The van der Waals surface area contributed by atoms with Crippen molar-refractivity contribution in [3.8, 4) is 0 Å². The average Bonchev–Trinajstić information content (AvgIpc) is 3.27. The van der Waals surface area contributed by atoms with E-state index in [2.05, 4.69) is 25.9 Å². The van der Waals surface area contributed by atoms with Crippen LogP contribution in [0.25, 0.3) is 0 Å². The molecule has 0 saturated carbocycles. The number of carbonyl (C=O) groups is 2. The van der Waals surface area contributed by atoms with E-state index in [1.165, 1.54) is 6.92 Å². The van der Waals surface area contributed by atoms with E-state index in [1.807, 2.05) is 5.10 Å². The zero-order valence-electron chi connectivity index (χ0n) is 14.2. The SMILES string of the molecule is CC(O)C(NC(=O)NC(CC=O)c1nc(C(N)CO)no1)c1n[nH]c(=O)o1. The number of amides is 2. The molecule has 0 saturated heterocycles. The van der Waals surface area contributed by atoms with Gasteiger partial charge in [-0.25, -0.2) is 14.7 Å². The van der Waals surface area contributed by atoms with Crippen LogP contribution in [0, 0.1) is 0 Å². The van der Waals surface area contributed by atoms with Crippen LogP contribution in [0.4, 0.5) is 4.79 Å². The summed E-state index contributed by atoms with van der Waals surface area (Å²) in [5.41, 5.74) is 5.57. The summed E-state index contributed by atoms with van der Waals surface area (Å²) in [4.78, 5) is 38.1. The van der Waals surface area contributed by atoms with Crippen LogP contribution in [-0.4, -0.2) is 55.6 Å². The molecule has 14 heteroatoms. The second-order valence-corrected chi connectivity index (χ2v) is 5.52. The Labute approximate surface area is 151 Å². The van der Waals surface area contributed by atoms with E-state index in [4.69, 9.17) is 19.8 Å². The molecule has 27 heavy (non-hydrogen) atoms. The number of hydrogen-bond acceptors (Lipinski definition) is 11. The fraction of sp³-hybridized carbons (Fsp3) is 0.538. The van der Waals surface area contributed by atoms with Crippen LogP contribution in [-0.2, 0) is 4.79 Å². The van der Waals surface area contributed by atoms with Crippen molar-refractivity contribution >= 4 is 12.3 Å². The van der Waals surface area contributed by atoms with Crippen molar-refractivity contribution in [1.82, 2.24) is 31.0 Å². The normalized spacial score (nSPS) is 15.6. The third kappa shape index (κ3) is 5.19. The van der Waals surface area contributed by atoms with Crippen LogP contribution in [0.5, 0.6) is 0 Å². The summed E-state index contributed by atoms with van der Waals surface area (Å²) in [7, 11) is 0. The zero-order chi connectivity index (χ0) is 20.0. The molecule has 0 radical (unpaired) electrons. The third-order valence-electron chi connectivity index (χ3n) is 3.41. The number of aldehydes is 1. The number of H-pyrrole nitrogens is 1. The lowest BCUT2D eigenvalue weighted by Gasteiger charge is -2.20. The number of aliphatic hydroxyl groups is 2. The third-order valence-corrected chi connectivity index (χ3v) is 3.41. The number of aromatic amines is 1. The molecule has 0 aliphatic carbocycles. The van der Waals surface area contributed by atoms with E-state index in [0.717, 1.165) is 0 Å². The van der Waals surface area contributed by atoms with Gasteiger partial charge in [-0.05, 0) is 6.92 Å². The van der Waals surface area contributed by atoms with Gasteiger partial charge in [0.05, 0.1) is 18.8 Å². The van der Waals surface area contributed by atoms with Crippen LogP contribution < -0.4 is 22.1 Å². The highest BCUT2D eigenvalue weighted by molar-refractivity contribution is 5.75. The molecule has 0 spiro atoms. The van der Waals surface area contributed by atoms with Crippen LogP contribution in [0.1, 0.15) is 49.1 Å². The lowest BCUT2D eigenvalue weighted by Crippen LogP contribution is -2.43. The maximum atomic E-state index is 12.2. The maximum Gasteiger partial charge on any atom is 0.434 e. The molecular weight excluding hydrogens is 366 g/mol. The number of hydrogen-bond donors (Lipinski definition) is 6. The van der Waals surface area contributed by atoms with Crippen molar-refractivity contribution in [2.75, 3.05) is 6.61 Å². The Morgan fingerprint density at radius 3 is 2.70 bits per heavy atom. The highest BCUT2D eigenvalue weighted by Crippen LogP contribution is 2.17. The van der Waals surface area contributed by atoms with Crippen molar-refractivity contribution in [3.05, 3.63) is 28.2 Å². The molecule has 2 rings (SSSR count). The number of urea groups is 1. The molecule has 4 unspecified atom stereocenters. The summed E-state index contributed by atoms with van der Waals surface area (Å²) in [5.74, 6) is -1.18. The summed E-state index contributed by atoms with van der Waals surface area (Å²) in [6.07, 6.45) is -0.816. The lowest BCUT2D eigenvalue weighted by molar-refractivity contribution is -0.108. The molecule has 0 bridgehead atoms. The van der Waals surface area contributed by atoms with Gasteiger partial charge in [-0.15, -0.1) is 5.10 Å². The summed E-state index contributed by atoms with van der Waals surface area (Å²) >= 11 is 0. The zero-order valence-corrected chi connectivity index (χ0v) is 14.2. The number of nitrogens with one attached hydrogen (secondary N) is 3. The van der Waals surface area contributed by atoms with Crippen molar-refractivity contribution in [2.45, 2.75) is 37.6 Å². The van der Waals surface area contributed by atoms with Crippen LogP contribution >= 0.6 is 0 Å². The van der Waals surface area contributed by atoms with Gasteiger partial charge in [-0.2, -0.15) is 4.98 Å². The molecule has 2 heterocycles. The van der Waals surface area contributed by atoms with E-state index >= 15 is 0 Å². The Bertz CT molecular complexity index is 814. The largest absolute Gasteiger partial charge is 0.434 e. The smallest absolute Gasteiger partial charge is 0.394 e. The molecule has 2 aromatic rings. The average molecular weight is 385 g/mol. The Morgan fingerprint density at radius 1 is 1.41 bits per heavy atom. The molecule has 0 aromatic carbocycles. The second-order valence-electron chi connectivity index (χ2n) is 5.52. The Morgan fingerprint density at radius 2 is 2.15 bits per heavy atom. The first kappa shape index (κ1) is 20.2. The predicted molar refractivity (Wildman–Crippen MR) is 84.9 cm³/mol. The monoisotopic (exact) mass is 385 g/mol. The molecule has 148 valence electrons. The van der Waals surface area contributed by atoms with E-state index in [-0.39, 0.29) is 24.0 Å². The van der Waals surface area contributed by atoms with Gasteiger partial charge in [-0.3, -0.25) is 0 Å².